The van der Waals surface area contributed by atoms with Gasteiger partial charge in [-0.05, 0) is 69.0 Å². The van der Waals surface area contributed by atoms with Gasteiger partial charge in [0.25, 0.3) is 0 Å². The van der Waals surface area contributed by atoms with Gasteiger partial charge in [0, 0.05) is 12.5 Å². The molecule has 2 aliphatic carbocycles. The first kappa shape index (κ1) is 17.5. The Morgan fingerprint density at radius 1 is 1.21 bits per heavy atom. The largest absolute Gasteiger partial charge is 0.508 e. The van der Waals surface area contributed by atoms with Gasteiger partial charge in [0.2, 0.25) is 0 Å². The molecule has 6 heteroatoms. The summed E-state index contributed by atoms with van der Waals surface area (Å²) in [6.45, 7) is 0.616. The third-order valence-electron chi connectivity index (χ3n) is 5.67. The first-order valence-electron chi connectivity index (χ1n) is 8.38. The van der Waals surface area contributed by atoms with E-state index in [-0.39, 0.29) is 11.5 Å². The molecule has 0 radical (unpaired) electrons. The van der Waals surface area contributed by atoms with Gasteiger partial charge in [0.15, 0.2) is 0 Å². The molecule has 0 aromatic heterocycles. The molecule has 2 bridgehead atoms. The second-order valence-corrected chi connectivity index (χ2v) is 7.70. The van der Waals surface area contributed by atoms with Crippen LogP contribution in [0.5, 0.6) is 5.75 Å². The number of hydrogen-bond donors (Lipinski definition) is 2. The Bertz CT molecular complexity index is 617. The molecule has 0 amide bonds. The van der Waals surface area contributed by atoms with Crippen molar-refractivity contribution in [2.24, 2.45) is 17.8 Å². The van der Waals surface area contributed by atoms with Crippen LogP contribution in [0.4, 0.5) is 13.2 Å². The van der Waals surface area contributed by atoms with E-state index in [1.54, 1.807) is 0 Å². The quantitative estimate of drug-likeness (QED) is 0.881. The third-order valence-corrected chi connectivity index (χ3v) is 5.67. The zero-order valence-electron chi connectivity index (χ0n) is 14.0. The number of phenolic OH excluding ortho intramolecular Hbond substituents is 1. The van der Waals surface area contributed by atoms with E-state index in [0.717, 1.165) is 25.3 Å². The minimum Gasteiger partial charge on any atom is -0.508 e. The minimum atomic E-state index is -4.55. The van der Waals surface area contributed by atoms with Crippen molar-refractivity contribution < 1.29 is 23.4 Å². The summed E-state index contributed by atoms with van der Waals surface area (Å²) >= 11 is 0. The van der Waals surface area contributed by atoms with Crippen LogP contribution < -0.4 is 0 Å². The van der Waals surface area contributed by atoms with Crippen molar-refractivity contribution >= 4 is 0 Å². The molecule has 0 unspecified atom stereocenters. The lowest BCUT2D eigenvalue weighted by Gasteiger charge is -2.45. The van der Waals surface area contributed by atoms with E-state index in [9.17, 15) is 23.4 Å². The Morgan fingerprint density at radius 2 is 1.92 bits per heavy atom. The average molecular weight is 343 g/mol. The highest BCUT2D eigenvalue weighted by Gasteiger charge is 2.51. The first-order chi connectivity index (χ1) is 11.1. The summed E-state index contributed by atoms with van der Waals surface area (Å²) in [7, 11) is 3.82. The second kappa shape index (κ2) is 5.92. The molecule has 0 saturated heterocycles. The van der Waals surface area contributed by atoms with Crippen LogP contribution in [-0.2, 0) is 11.8 Å². The number of phenols is 1. The molecule has 24 heavy (non-hydrogen) atoms. The summed E-state index contributed by atoms with van der Waals surface area (Å²) in [4.78, 5) is 1.97. The van der Waals surface area contributed by atoms with Gasteiger partial charge < -0.3 is 15.1 Å². The van der Waals surface area contributed by atoms with E-state index >= 15 is 0 Å². The van der Waals surface area contributed by atoms with Crippen LogP contribution in [0.15, 0.2) is 18.2 Å². The number of fused-ring (bicyclic) bond motifs is 2. The smallest absolute Gasteiger partial charge is 0.416 e. The minimum absolute atomic E-state index is 0.130. The van der Waals surface area contributed by atoms with Crippen LogP contribution in [0.25, 0.3) is 0 Å². The molecule has 1 aromatic rings. The Hall–Kier alpha value is -1.27. The number of hydrogen-bond acceptors (Lipinski definition) is 3. The number of benzene rings is 1. The van der Waals surface area contributed by atoms with Crippen molar-refractivity contribution in [2.75, 3.05) is 20.6 Å². The number of nitrogens with zero attached hydrogens (tertiary/aromatic N) is 1. The highest BCUT2D eigenvalue weighted by Crippen LogP contribution is 2.55. The van der Waals surface area contributed by atoms with Crippen molar-refractivity contribution in [1.82, 2.24) is 4.90 Å². The van der Waals surface area contributed by atoms with Gasteiger partial charge in [0.05, 0.1) is 11.2 Å². The van der Waals surface area contributed by atoms with Crippen LogP contribution in [0.1, 0.15) is 36.8 Å². The highest BCUT2D eigenvalue weighted by atomic mass is 19.4. The van der Waals surface area contributed by atoms with Crippen molar-refractivity contribution in [1.29, 1.82) is 0 Å². The zero-order chi connectivity index (χ0) is 17.7. The van der Waals surface area contributed by atoms with Gasteiger partial charge in [-0.25, -0.2) is 0 Å². The molecule has 2 saturated carbocycles. The Labute approximate surface area is 140 Å². The maximum Gasteiger partial charge on any atom is 0.416 e. The van der Waals surface area contributed by atoms with Gasteiger partial charge >= 0.3 is 6.18 Å². The number of aromatic hydroxyl groups is 1. The lowest BCUT2D eigenvalue weighted by atomic mass is 9.65. The molecule has 134 valence electrons. The molecule has 1 aromatic carbocycles. The van der Waals surface area contributed by atoms with E-state index in [2.05, 4.69) is 0 Å². The lowest BCUT2D eigenvalue weighted by molar-refractivity contribution is -0.138. The van der Waals surface area contributed by atoms with E-state index < -0.39 is 23.1 Å². The van der Waals surface area contributed by atoms with Crippen LogP contribution >= 0.6 is 0 Å². The molecule has 0 aliphatic heterocycles. The number of rotatable bonds is 3. The predicted octanol–water partition coefficient (Wildman–Crippen LogP) is 3.60. The van der Waals surface area contributed by atoms with Crippen molar-refractivity contribution in [2.45, 2.75) is 37.5 Å². The molecule has 0 spiro atoms. The normalized spacial score (nSPS) is 33.2. The summed E-state index contributed by atoms with van der Waals surface area (Å²) in [5.74, 6) is 0.0758. The van der Waals surface area contributed by atoms with E-state index in [1.165, 1.54) is 6.07 Å². The van der Waals surface area contributed by atoms with Crippen molar-refractivity contribution in [3.05, 3.63) is 29.3 Å². The van der Waals surface area contributed by atoms with Crippen LogP contribution in [0.2, 0.25) is 0 Å². The van der Waals surface area contributed by atoms with E-state index in [4.69, 9.17) is 0 Å². The molecule has 2 aliphatic rings. The zero-order valence-corrected chi connectivity index (χ0v) is 14.0. The van der Waals surface area contributed by atoms with Crippen LogP contribution in [0, 0.1) is 17.8 Å². The molecular formula is C18H24F3NO2. The van der Waals surface area contributed by atoms with Crippen LogP contribution in [-0.4, -0.2) is 35.8 Å². The number of halogens is 3. The van der Waals surface area contributed by atoms with Crippen molar-refractivity contribution in [3.63, 3.8) is 0 Å². The topological polar surface area (TPSA) is 43.7 Å². The van der Waals surface area contributed by atoms with Crippen LogP contribution in [0.3, 0.4) is 0 Å². The SMILES string of the molecule is CN(C)C[C@H]1[C@@H]2CC[C@@H](C2)C[C@]1(O)c1cc(O)cc(C(F)(F)F)c1. The summed E-state index contributed by atoms with van der Waals surface area (Å²) in [5, 5.41) is 21.2. The van der Waals surface area contributed by atoms with Crippen molar-refractivity contribution in [3.8, 4) is 5.75 Å². The molecule has 3 rings (SSSR count). The second-order valence-electron chi connectivity index (χ2n) is 7.70. The number of aliphatic hydroxyl groups is 1. The monoisotopic (exact) mass is 343 g/mol. The predicted molar refractivity (Wildman–Crippen MR) is 84.5 cm³/mol. The number of alkyl halides is 3. The van der Waals surface area contributed by atoms with Gasteiger partial charge in [-0.2, -0.15) is 13.2 Å². The van der Waals surface area contributed by atoms with Gasteiger partial charge in [-0.15, -0.1) is 0 Å². The Kier molecular flexibility index (Phi) is 4.33. The van der Waals surface area contributed by atoms with Gasteiger partial charge in [0.1, 0.15) is 5.75 Å². The Morgan fingerprint density at radius 3 is 2.54 bits per heavy atom. The molecule has 4 atom stereocenters. The molecule has 3 nitrogen and oxygen atoms in total. The summed E-state index contributed by atoms with van der Waals surface area (Å²) in [5.41, 5.74) is -2.04. The standard InChI is InChI=1S/C18H24F3NO2/c1-22(2)10-16-12-4-3-11(5-12)9-17(16,24)13-6-14(18(19,20)21)8-15(23)7-13/h6-8,11-12,16,23-24H,3-5,9-10H2,1-2H3/t11-,12+,16-,17-/m0/s1. The Balaban J connectivity index is 2.05. The maximum absolute atomic E-state index is 13.1. The van der Waals surface area contributed by atoms with E-state index in [0.29, 0.717) is 30.9 Å². The third kappa shape index (κ3) is 3.14. The summed E-state index contributed by atoms with van der Waals surface area (Å²) in [6.07, 6.45) is -1.03. The molecule has 2 fully saturated rings. The fourth-order valence-electron chi connectivity index (χ4n) is 4.70. The summed E-state index contributed by atoms with van der Waals surface area (Å²) in [6, 6.07) is 3.01. The van der Waals surface area contributed by atoms with Gasteiger partial charge in [-0.1, -0.05) is 6.42 Å². The fourth-order valence-corrected chi connectivity index (χ4v) is 4.70. The molecule has 2 N–H and O–H groups in total. The lowest BCUT2D eigenvalue weighted by Crippen LogP contribution is -2.47. The maximum atomic E-state index is 13.1. The average Bonchev–Trinajstić information content (AvgIpc) is 2.85. The van der Waals surface area contributed by atoms with E-state index in [1.807, 2.05) is 19.0 Å². The molecule has 0 heterocycles. The van der Waals surface area contributed by atoms with Gasteiger partial charge in [-0.3, -0.25) is 0 Å². The first-order valence-corrected chi connectivity index (χ1v) is 8.38. The summed E-state index contributed by atoms with van der Waals surface area (Å²) < 4.78 is 39.3. The molecular weight excluding hydrogens is 319 g/mol. The fraction of sp³-hybridized carbons (Fsp3) is 0.667. The highest BCUT2D eigenvalue weighted by molar-refractivity contribution is 5.39.